The summed E-state index contributed by atoms with van der Waals surface area (Å²) in [6.07, 6.45) is 0. The van der Waals surface area contributed by atoms with Crippen LogP contribution in [-0.2, 0) is 10.0 Å². The van der Waals surface area contributed by atoms with Crippen LogP contribution in [0.3, 0.4) is 0 Å². The Bertz CT molecular complexity index is 699. The molecule has 2 aromatic carbocycles. The van der Waals surface area contributed by atoms with Crippen LogP contribution in [0, 0.1) is 5.82 Å². The highest BCUT2D eigenvalue weighted by Crippen LogP contribution is 2.26. The summed E-state index contributed by atoms with van der Waals surface area (Å²) < 4.78 is 40.5. The molecule has 0 aromatic heterocycles. The van der Waals surface area contributed by atoms with Crippen LogP contribution in [0.15, 0.2) is 51.8 Å². The molecule has 0 saturated heterocycles. The molecule has 2 aromatic rings. The number of nitrogen functional groups attached to an aromatic ring is 1. The molecule has 100 valence electrons. The molecule has 0 amide bonds. The van der Waals surface area contributed by atoms with Crippen LogP contribution in [0.25, 0.3) is 0 Å². The molecule has 0 bridgehead atoms. The zero-order valence-corrected chi connectivity index (χ0v) is 12.0. The van der Waals surface area contributed by atoms with Crippen molar-refractivity contribution < 1.29 is 12.8 Å². The minimum Gasteiger partial charge on any atom is -0.397 e. The number of halogens is 2. The lowest BCUT2D eigenvalue weighted by atomic mass is 10.3. The summed E-state index contributed by atoms with van der Waals surface area (Å²) in [7, 11) is -3.88. The van der Waals surface area contributed by atoms with E-state index in [0.29, 0.717) is 4.47 Å². The van der Waals surface area contributed by atoms with E-state index < -0.39 is 15.8 Å². The van der Waals surface area contributed by atoms with Crippen LogP contribution in [0.1, 0.15) is 0 Å². The maximum absolute atomic E-state index is 13.6. The van der Waals surface area contributed by atoms with Gasteiger partial charge < -0.3 is 5.73 Å². The first-order valence-corrected chi connectivity index (χ1v) is 7.50. The fourth-order valence-corrected chi connectivity index (χ4v) is 3.17. The highest BCUT2D eigenvalue weighted by atomic mass is 79.9. The Hall–Kier alpha value is -1.60. The topological polar surface area (TPSA) is 72.2 Å². The number of hydrogen-bond donors (Lipinski definition) is 2. The molecule has 0 atom stereocenters. The molecule has 19 heavy (non-hydrogen) atoms. The number of anilines is 2. The van der Waals surface area contributed by atoms with Gasteiger partial charge in [-0.15, -0.1) is 0 Å². The van der Waals surface area contributed by atoms with Gasteiger partial charge in [-0.05, 0) is 30.3 Å². The van der Waals surface area contributed by atoms with Gasteiger partial charge in [-0.3, -0.25) is 4.72 Å². The van der Waals surface area contributed by atoms with Crippen LogP contribution in [0.2, 0.25) is 0 Å². The second kappa shape index (κ2) is 5.18. The lowest BCUT2D eigenvalue weighted by molar-refractivity contribution is 0.598. The van der Waals surface area contributed by atoms with E-state index >= 15 is 0 Å². The van der Waals surface area contributed by atoms with E-state index in [2.05, 4.69) is 20.7 Å². The summed E-state index contributed by atoms with van der Waals surface area (Å²) in [4.78, 5) is 0.0181. The first kappa shape index (κ1) is 13.8. The maximum Gasteiger partial charge on any atom is 0.262 e. The predicted octanol–water partition coefficient (Wildman–Crippen LogP) is 2.97. The van der Waals surface area contributed by atoms with Gasteiger partial charge in [0.25, 0.3) is 10.0 Å². The molecule has 0 saturated carbocycles. The summed E-state index contributed by atoms with van der Waals surface area (Å²) in [6, 6.07) is 10.0. The highest BCUT2D eigenvalue weighted by molar-refractivity contribution is 9.10. The molecule has 0 fully saturated rings. The molecule has 0 aliphatic heterocycles. The second-order valence-corrected chi connectivity index (χ2v) is 6.37. The Kier molecular flexibility index (Phi) is 3.77. The van der Waals surface area contributed by atoms with E-state index in [1.54, 1.807) is 12.1 Å². The van der Waals surface area contributed by atoms with Crippen molar-refractivity contribution in [1.29, 1.82) is 0 Å². The third-order valence-electron chi connectivity index (χ3n) is 2.39. The standard InChI is InChI=1S/C12H10BrFN2O2S/c13-8-3-1-4-9(7-8)19(17,18)16-12-10(14)5-2-6-11(12)15/h1-7,16H,15H2. The van der Waals surface area contributed by atoms with Gasteiger partial charge in [0.15, 0.2) is 0 Å². The highest BCUT2D eigenvalue weighted by Gasteiger charge is 2.18. The summed E-state index contributed by atoms with van der Waals surface area (Å²) >= 11 is 3.18. The van der Waals surface area contributed by atoms with E-state index in [1.165, 1.54) is 24.3 Å². The normalized spacial score (nSPS) is 11.3. The summed E-state index contributed by atoms with van der Waals surface area (Å²) in [5, 5.41) is 0. The van der Waals surface area contributed by atoms with Crippen molar-refractivity contribution in [3.63, 3.8) is 0 Å². The fourth-order valence-electron chi connectivity index (χ4n) is 1.48. The predicted molar refractivity (Wildman–Crippen MR) is 75.8 cm³/mol. The molecule has 2 rings (SSSR count). The zero-order chi connectivity index (χ0) is 14.0. The van der Waals surface area contributed by atoms with Crippen molar-refractivity contribution in [2.75, 3.05) is 10.5 Å². The largest absolute Gasteiger partial charge is 0.397 e. The lowest BCUT2D eigenvalue weighted by Crippen LogP contribution is -2.15. The number of sulfonamides is 1. The minimum absolute atomic E-state index is 0.0181. The molecule has 0 spiro atoms. The molecule has 0 aliphatic rings. The van der Waals surface area contributed by atoms with Gasteiger partial charge in [0.1, 0.15) is 11.5 Å². The monoisotopic (exact) mass is 344 g/mol. The fraction of sp³-hybridized carbons (Fsp3) is 0. The van der Waals surface area contributed by atoms with Gasteiger partial charge in [0.2, 0.25) is 0 Å². The van der Waals surface area contributed by atoms with Gasteiger partial charge in [-0.2, -0.15) is 0 Å². The molecule has 0 radical (unpaired) electrons. The SMILES string of the molecule is Nc1cccc(F)c1NS(=O)(=O)c1cccc(Br)c1. The number of hydrogen-bond acceptors (Lipinski definition) is 3. The zero-order valence-electron chi connectivity index (χ0n) is 9.60. The number of nitrogens with one attached hydrogen (secondary N) is 1. The summed E-state index contributed by atoms with van der Waals surface area (Å²) in [6.45, 7) is 0. The Morgan fingerprint density at radius 2 is 1.84 bits per heavy atom. The Labute approximate surface area is 118 Å². The van der Waals surface area contributed by atoms with Crippen LogP contribution in [0.5, 0.6) is 0 Å². The van der Waals surface area contributed by atoms with Gasteiger partial charge in [-0.1, -0.05) is 28.1 Å². The van der Waals surface area contributed by atoms with E-state index in [-0.39, 0.29) is 16.3 Å². The van der Waals surface area contributed by atoms with Crippen molar-refractivity contribution in [2.45, 2.75) is 4.90 Å². The van der Waals surface area contributed by atoms with Crippen molar-refractivity contribution in [1.82, 2.24) is 0 Å². The first-order chi connectivity index (χ1) is 8.90. The van der Waals surface area contributed by atoms with Gasteiger partial charge in [0.05, 0.1) is 10.6 Å². The molecule has 4 nitrogen and oxygen atoms in total. The van der Waals surface area contributed by atoms with Gasteiger partial charge >= 0.3 is 0 Å². The molecule has 3 N–H and O–H groups in total. The van der Waals surface area contributed by atoms with Crippen LogP contribution in [0.4, 0.5) is 15.8 Å². The first-order valence-electron chi connectivity index (χ1n) is 5.22. The number of rotatable bonds is 3. The number of para-hydroxylation sites is 1. The minimum atomic E-state index is -3.88. The van der Waals surface area contributed by atoms with E-state index in [9.17, 15) is 12.8 Å². The third kappa shape index (κ3) is 3.05. The Morgan fingerprint density at radius 1 is 1.16 bits per heavy atom. The Balaban J connectivity index is 2.42. The van der Waals surface area contributed by atoms with Crippen molar-refractivity contribution in [3.8, 4) is 0 Å². The van der Waals surface area contributed by atoms with Crippen molar-refractivity contribution >= 4 is 37.3 Å². The molecule has 0 unspecified atom stereocenters. The molecular weight excluding hydrogens is 335 g/mol. The average Bonchev–Trinajstić information content (AvgIpc) is 2.34. The van der Waals surface area contributed by atoms with E-state index in [1.807, 2.05) is 0 Å². The van der Waals surface area contributed by atoms with E-state index in [4.69, 9.17) is 5.73 Å². The Morgan fingerprint density at radius 3 is 2.47 bits per heavy atom. The van der Waals surface area contributed by atoms with Crippen LogP contribution < -0.4 is 10.5 Å². The van der Waals surface area contributed by atoms with Crippen LogP contribution >= 0.6 is 15.9 Å². The number of nitrogens with two attached hydrogens (primary N) is 1. The quantitative estimate of drug-likeness (QED) is 0.840. The smallest absolute Gasteiger partial charge is 0.262 e. The molecular formula is C12H10BrFN2O2S. The number of benzene rings is 2. The van der Waals surface area contributed by atoms with Gasteiger partial charge in [0, 0.05) is 4.47 Å². The lowest BCUT2D eigenvalue weighted by Gasteiger charge is -2.11. The van der Waals surface area contributed by atoms with Crippen LogP contribution in [-0.4, -0.2) is 8.42 Å². The molecule has 0 heterocycles. The third-order valence-corrected chi connectivity index (χ3v) is 4.23. The van der Waals surface area contributed by atoms with E-state index in [0.717, 1.165) is 6.07 Å². The van der Waals surface area contributed by atoms with Gasteiger partial charge in [-0.25, -0.2) is 12.8 Å². The van der Waals surface area contributed by atoms with Crippen molar-refractivity contribution in [2.24, 2.45) is 0 Å². The maximum atomic E-state index is 13.6. The average molecular weight is 345 g/mol. The van der Waals surface area contributed by atoms with Crippen molar-refractivity contribution in [3.05, 3.63) is 52.8 Å². The molecule has 7 heteroatoms. The molecule has 0 aliphatic carbocycles. The second-order valence-electron chi connectivity index (χ2n) is 3.77. The summed E-state index contributed by atoms with van der Waals surface area (Å²) in [5.74, 6) is -0.724. The summed E-state index contributed by atoms with van der Waals surface area (Å²) in [5.41, 5.74) is 5.34.